The predicted octanol–water partition coefficient (Wildman–Crippen LogP) is 4.38. The Morgan fingerprint density at radius 2 is 1.83 bits per heavy atom. The quantitative estimate of drug-likeness (QED) is 0.905. The highest BCUT2D eigenvalue weighted by atomic mass is 79.9. The number of hydrogen-bond acceptors (Lipinski definition) is 2. The minimum Gasteiger partial charge on any atom is -0.497 e. The SMILES string of the molecule is COc1ccc(CNc2cccc(C)c2Br)cc1. The monoisotopic (exact) mass is 305 g/mol. The fourth-order valence-electron chi connectivity index (χ4n) is 1.72. The van der Waals surface area contributed by atoms with Crippen LogP contribution in [0, 0.1) is 6.92 Å². The molecule has 0 amide bonds. The summed E-state index contributed by atoms with van der Waals surface area (Å²) in [7, 11) is 1.68. The first-order valence-corrected chi connectivity index (χ1v) is 6.62. The first-order chi connectivity index (χ1) is 8.70. The number of methoxy groups -OCH3 is 1. The molecule has 0 unspecified atom stereocenters. The van der Waals surface area contributed by atoms with Crippen LogP contribution in [0.3, 0.4) is 0 Å². The summed E-state index contributed by atoms with van der Waals surface area (Å²) in [4.78, 5) is 0. The van der Waals surface area contributed by atoms with Gasteiger partial charge in [0.15, 0.2) is 0 Å². The third kappa shape index (κ3) is 3.05. The average molecular weight is 306 g/mol. The van der Waals surface area contributed by atoms with Crippen molar-refractivity contribution in [3.8, 4) is 5.75 Å². The van der Waals surface area contributed by atoms with Gasteiger partial charge < -0.3 is 10.1 Å². The molecule has 0 fully saturated rings. The van der Waals surface area contributed by atoms with Crippen molar-refractivity contribution in [2.75, 3.05) is 12.4 Å². The summed E-state index contributed by atoms with van der Waals surface area (Å²) >= 11 is 3.59. The molecule has 0 bridgehead atoms. The Balaban J connectivity index is 2.04. The molecule has 0 aliphatic carbocycles. The molecule has 0 aliphatic heterocycles. The number of nitrogens with one attached hydrogen (secondary N) is 1. The van der Waals surface area contributed by atoms with Gasteiger partial charge in [-0.2, -0.15) is 0 Å². The van der Waals surface area contributed by atoms with Gasteiger partial charge in [0.1, 0.15) is 5.75 Å². The largest absolute Gasteiger partial charge is 0.497 e. The van der Waals surface area contributed by atoms with Crippen LogP contribution in [0.15, 0.2) is 46.9 Å². The second kappa shape index (κ2) is 5.91. The molecule has 0 heterocycles. The van der Waals surface area contributed by atoms with Gasteiger partial charge in [-0.05, 0) is 52.2 Å². The third-order valence-corrected chi connectivity index (χ3v) is 3.89. The van der Waals surface area contributed by atoms with Gasteiger partial charge in [-0.1, -0.05) is 24.3 Å². The molecule has 18 heavy (non-hydrogen) atoms. The predicted molar refractivity (Wildman–Crippen MR) is 79.2 cm³/mol. The van der Waals surface area contributed by atoms with Crippen molar-refractivity contribution in [2.24, 2.45) is 0 Å². The molecule has 2 aromatic rings. The van der Waals surface area contributed by atoms with Crippen molar-refractivity contribution in [1.82, 2.24) is 0 Å². The van der Waals surface area contributed by atoms with Crippen LogP contribution in [0.1, 0.15) is 11.1 Å². The van der Waals surface area contributed by atoms with E-state index in [4.69, 9.17) is 4.74 Å². The topological polar surface area (TPSA) is 21.3 Å². The molecular weight excluding hydrogens is 290 g/mol. The van der Waals surface area contributed by atoms with E-state index in [1.165, 1.54) is 11.1 Å². The number of hydrogen-bond donors (Lipinski definition) is 1. The number of anilines is 1. The van der Waals surface area contributed by atoms with Gasteiger partial charge in [-0.25, -0.2) is 0 Å². The van der Waals surface area contributed by atoms with Crippen molar-refractivity contribution in [3.05, 3.63) is 58.1 Å². The van der Waals surface area contributed by atoms with Gasteiger partial charge in [-0.15, -0.1) is 0 Å². The number of rotatable bonds is 4. The van der Waals surface area contributed by atoms with Crippen LogP contribution in [0.5, 0.6) is 5.75 Å². The van der Waals surface area contributed by atoms with Gasteiger partial charge in [-0.3, -0.25) is 0 Å². The molecule has 2 nitrogen and oxygen atoms in total. The van der Waals surface area contributed by atoms with Crippen LogP contribution in [0.4, 0.5) is 5.69 Å². The standard InChI is InChI=1S/C15H16BrNO/c1-11-4-3-5-14(15(11)16)17-10-12-6-8-13(18-2)9-7-12/h3-9,17H,10H2,1-2H3. The van der Waals surface area contributed by atoms with Gasteiger partial charge in [0.05, 0.1) is 7.11 Å². The second-order valence-electron chi connectivity index (χ2n) is 4.14. The van der Waals surface area contributed by atoms with E-state index in [-0.39, 0.29) is 0 Å². The summed E-state index contributed by atoms with van der Waals surface area (Å²) in [6.45, 7) is 2.88. The molecule has 2 aromatic carbocycles. The van der Waals surface area contributed by atoms with Crippen molar-refractivity contribution in [2.45, 2.75) is 13.5 Å². The Morgan fingerprint density at radius 1 is 1.11 bits per heavy atom. The lowest BCUT2D eigenvalue weighted by Crippen LogP contribution is -2.00. The third-order valence-electron chi connectivity index (χ3n) is 2.83. The molecule has 94 valence electrons. The minimum atomic E-state index is 0.798. The summed E-state index contributed by atoms with van der Waals surface area (Å²) in [5, 5.41) is 3.42. The summed E-state index contributed by atoms with van der Waals surface area (Å²) in [5.74, 6) is 0.885. The normalized spacial score (nSPS) is 10.2. The van der Waals surface area contributed by atoms with Crippen LogP contribution in [-0.2, 0) is 6.54 Å². The van der Waals surface area contributed by atoms with Crippen LogP contribution in [0.25, 0.3) is 0 Å². The molecule has 1 N–H and O–H groups in total. The Hall–Kier alpha value is -1.48. The molecule has 0 spiro atoms. The van der Waals surface area contributed by atoms with Gasteiger partial charge >= 0.3 is 0 Å². The molecule has 0 saturated heterocycles. The molecule has 0 aliphatic rings. The highest BCUT2D eigenvalue weighted by molar-refractivity contribution is 9.10. The lowest BCUT2D eigenvalue weighted by atomic mass is 10.2. The lowest BCUT2D eigenvalue weighted by molar-refractivity contribution is 0.414. The van der Waals surface area contributed by atoms with E-state index in [0.29, 0.717) is 0 Å². The molecule has 0 radical (unpaired) electrons. The van der Waals surface area contributed by atoms with Crippen molar-refractivity contribution in [3.63, 3.8) is 0 Å². The molecule has 0 atom stereocenters. The summed E-state index contributed by atoms with van der Waals surface area (Å²) in [6.07, 6.45) is 0. The second-order valence-corrected chi connectivity index (χ2v) is 4.93. The van der Waals surface area contributed by atoms with Crippen LogP contribution < -0.4 is 10.1 Å². The Morgan fingerprint density at radius 3 is 2.50 bits per heavy atom. The number of halogens is 1. The van der Waals surface area contributed by atoms with E-state index < -0.39 is 0 Å². The maximum atomic E-state index is 5.14. The average Bonchev–Trinajstić information content (AvgIpc) is 2.41. The van der Waals surface area contributed by atoms with Crippen molar-refractivity contribution < 1.29 is 4.74 Å². The van der Waals surface area contributed by atoms with E-state index in [1.54, 1.807) is 7.11 Å². The molecule has 3 heteroatoms. The molecular formula is C15H16BrNO. The molecule has 2 rings (SSSR count). The smallest absolute Gasteiger partial charge is 0.118 e. The van der Waals surface area contributed by atoms with Crippen LogP contribution in [0.2, 0.25) is 0 Å². The number of ether oxygens (including phenoxy) is 1. The maximum Gasteiger partial charge on any atom is 0.118 e. The van der Waals surface area contributed by atoms with E-state index in [1.807, 2.05) is 12.1 Å². The minimum absolute atomic E-state index is 0.798. The Kier molecular flexibility index (Phi) is 4.26. The fourth-order valence-corrected chi connectivity index (χ4v) is 2.13. The van der Waals surface area contributed by atoms with E-state index >= 15 is 0 Å². The van der Waals surface area contributed by atoms with E-state index in [0.717, 1.165) is 22.5 Å². The first kappa shape index (κ1) is 13.0. The summed E-state index contributed by atoms with van der Waals surface area (Å²) < 4.78 is 6.26. The first-order valence-electron chi connectivity index (χ1n) is 5.82. The summed E-state index contributed by atoms with van der Waals surface area (Å²) in [5.41, 5.74) is 3.57. The fraction of sp³-hybridized carbons (Fsp3) is 0.200. The number of benzene rings is 2. The van der Waals surface area contributed by atoms with Crippen molar-refractivity contribution >= 4 is 21.6 Å². The van der Waals surface area contributed by atoms with E-state index in [9.17, 15) is 0 Å². The Labute approximate surface area is 116 Å². The lowest BCUT2D eigenvalue weighted by Gasteiger charge is -2.10. The van der Waals surface area contributed by atoms with Crippen molar-refractivity contribution in [1.29, 1.82) is 0 Å². The zero-order valence-corrected chi connectivity index (χ0v) is 12.1. The number of aryl methyl sites for hydroxylation is 1. The molecule has 0 saturated carbocycles. The molecule has 0 aromatic heterocycles. The van der Waals surface area contributed by atoms with E-state index in [2.05, 4.69) is 58.5 Å². The highest BCUT2D eigenvalue weighted by Crippen LogP contribution is 2.26. The van der Waals surface area contributed by atoms with Gasteiger partial charge in [0, 0.05) is 16.7 Å². The highest BCUT2D eigenvalue weighted by Gasteiger charge is 2.01. The maximum absolute atomic E-state index is 5.14. The zero-order chi connectivity index (χ0) is 13.0. The van der Waals surface area contributed by atoms with Crippen LogP contribution in [-0.4, -0.2) is 7.11 Å². The summed E-state index contributed by atoms with van der Waals surface area (Å²) in [6, 6.07) is 14.3. The van der Waals surface area contributed by atoms with Crippen LogP contribution >= 0.6 is 15.9 Å². The van der Waals surface area contributed by atoms with Gasteiger partial charge in [0.25, 0.3) is 0 Å². The van der Waals surface area contributed by atoms with Gasteiger partial charge in [0.2, 0.25) is 0 Å². The Bertz CT molecular complexity index is 523. The zero-order valence-electron chi connectivity index (χ0n) is 10.5.